The first kappa shape index (κ1) is 18.6. The second kappa shape index (κ2) is 7.15. The molecule has 3 aliphatic heterocycles. The van der Waals surface area contributed by atoms with Gasteiger partial charge in [0.25, 0.3) is 0 Å². The van der Waals surface area contributed by atoms with Gasteiger partial charge in [-0.15, -0.1) is 0 Å². The van der Waals surface area contributed by atoms with Gasteiger partial charge >= 0.3 is 6.09 Å². The molecule has 5 rings (SSSR count). The summed E-state index contributed by atoms with van der Waals surface area (Å²) in [4.78, 5) is 35.5. The molecule has 2 amide bonds. The van der Waals surface area contributed by atoms with Crippen molar-refractivity contribution in [2.24, 2.45) is 5.92 Å². The summed E-state index contributed by atoms with van der Waals surface area (Å²) in [6.07, 6.45) is 6.60. The summed E-state index contributed by atoms with van der Waals surface area (Å²) < 4.78 is 19.1. The molecule has 156 valence electrons. The molecule has 0 N–H and O–H groups in total. The van der Waals surface area contributed by atoms with Gasteiger partial charge in [-0.2, -0.15) is 0 Å². The highest BCUT2D eigenvalue weighted by atomic mass is 19.1. The first-order valence-electron chi connectivity index (χ1n) is 10.7. The van der Waals surface area contributed by atoms with Crippen molar-refractivity contribution in [2.75, 3.05) is 37.6 Å². The normalized spacial score (nSPS) is 26.7. The summed E-state index contributed by atoms with van der Waals surface area (Å²) in [5.74, 6) is 0.799. The van der Waals surface area contributed by atoms with Crippen LogP contribution < -0.4 is 4.90 Å². The van der Waals surface area contributed by atoms with Crippen LogP contribution in [-0.4, -0.2) is 71.2 Å². The molecule has 4 heterocycles. The Morgan fingerprint density at radius 2 is 1.90 bits per heavy atom. The number of carbonyl (C=O) groups is 2. The van der Waals surface area contributed by atoms with Crippen LogP contribution in [-0.2, 0) is 9.53 Å². The highest BCUT2D eigenvalue weighted by Crippen LogP contribution is 2.41. The van der Waals surface area contributed by atoms with E-state index in [1.807, 2.05) is 9.80 Å². The number of piperazine rings is 1. The number of rotatable bonds is 2. The first-order valence-corrected chi connectivity index (χ1v) is 10.7. The van der Waals surface area contributed by atoms with Crippen LogP contribution in [0.5, 0.6) is 0 Å². The van der Waals surface area contributed by atoms with Gasteiger partial charge in [-0.05, 0) is 25.0 Å². The average Bonchev–Trinajstić information content (AvgIpc) is 3.36. The van der Waals surface area contributed by atoms with Crippen LogP contribution in [0.15, 0.2) is 18.3 Å². The molecule has 1 spiro atoms. The number of halogens is 1. The number of nitrogens with zero attached hydrogens (tertiary/aromatic N) is 4. The molecule has 3 saturated heterocycles. The van der Waals surface area contributed by atoms with Crippen molar-refractivity contribution in [3.05, 3.63) is 24.1 Å². The Morgan fingerprint density at radius 1 is 1.14 bits per heavy atom. The molecule has 8 heteroatoms. The third-order valence-corrected chi connectivity index (χ3v) is 7.17. The van der Waals surface area contributed by atoms with E-state index < -0.39 is 5.60 Å². The fourth-order valence-corrected chi connectivity index (χ4v) is 5.49. The molecule has 0 bridgehead atoms. The number of carbonyl (C=O) groups excluding carboxylic acids is 2. The molecular formula is C21H27FN4O3. The van der Waals surface area contributed by atoms with Crippen molar-refractivity contribution in [2.45, 2.75) is 50.2 Å². The van der Waals surface area contributed by atoms with Gasteiger partial charge in [-0.1, -0.05) is 12.8 Å². The summed E-state index contributed by atoms with van der Waals surface area (Å²) in [5, 5.41) is 0. The quantitative estimate of drug-likeness (QED) is 0.760. The maximum Gasteiger partial charge on any atom is 0.410 e. The molecule has 1 aromatic heterocycles. The third-order valence-electron chi connectivity index (χ3n) is 7.17. The van der Waals surface area contributed by atoms with Gasteiger partial charge in [0, 0.05) is 51.5 Å². The second-order valence-electron chi connectivity index (χ2n) is 8.73. The lowest BCUT2D eigenvalue weighted by atomic mass is 9.83. The topological polar surface area (TPSA) is 66.0 Å². The fourth-order valence-electron chi connectivity index (χ4n) is 5.49. The lowest BCUT2D eigenvalue weighted by Crippen LogP contribution is -2.61. The van der Waals surface area contributed by atoms with Crippen LogP contribution in [0, 0.1) is 11.7 Å². The summed E-state index contributed by atoms with van der Waals surface area (Å²) in [6, 6.07) is 3.01. The maximum atomic E-state index is 13.2. The molecular weight excluding hydrogens is 375 g/mol. The Kier molecular flexibility index (Phi) is 4.59. The Morgan fingerprint density at radius 3 is 2.59 bits per heavy atom. The minimum atomic E-state index is -0.553. The van der Waals surface area contributed by atoms with Crippen LogP contribution in [0.2, 0.25) is 0 Å². The number of fused-ring (bicyclic) bond motifs is 2. The van der Waals surface area contributed by atoms with Crippen LogP contribution in [0.3, 0.4) is 0 Å². The smallest absolute Gasteiger partial charge is 0.410 e. The number of amides is 2. The summed E-state index contributed by atoms with van der Waals surface area (Å²) in [5.41, 5.74) is -0.553. The molecule has 7 nitrogen and oxygen atoms in total. The largest absolute Gasteiger partial charge is 0.440 e. The third kappa shape index (κ3) is 3.22. The van der Waals surface area contributed by atoms with E-state index in [1.165, 1.54) is 12.3 Å². The number of hydrogen-bond donors (Lipinski definition) is 0. The zero-order valence-electron chi connectivity index (χ0n) is 16.6. The SMILES string of the molecule is O=C(C1CCCC1)N1CCN2C(=O)OC3(CCN(c4ccc(F)cn4)CC3)C2C1. The number of ether oxygens (including phenoxy) is 1. The van der Waals surface area contributed by atoms with Crippen molar-refractivity contribution in [1.82, 2.24) is 14.8 Å². The maximum absolute atomic E-state index is 13.2. The summed E-state index contributed by atoms with van der Waals surface area (Å²) >= 11 is 0. The molecule has 1 atom stereocenters. The van der Waals surface area contributed by atoms with Gasteiger partial charge in [-0.25, -0.2) is 14.2 Å². The second-order valence-corrected chi connectivity index (χ2v) is 8.73. The van der Waals surface area contributed by atoms with Crippen molar-refractivity contribution in [1.29, 1.82) is 0 Å². The highest BCUT2D eigenvalue weighted by Gasteiger charge is 2.57. The summed E-state index contributed by atoms with van der Waals surface area (Å²) in [7, 11) is 0. The monoisotopic (exact) mass is 402 g/mol. The number of hydrogen-bond acceptors (Lipinski definition) is 5. The van der Waals surface area contributed by atoms with Crippen molar-refractivity contribution in [3.8, 4) is 0 Å². The van der Waals surface area contributed by atoms with Gasteiger partial charge in [0.2, 0.25) is 5.91 Å². The Hall–Kier alpha value is -2.38. The first-order chi connectivity index (χ1) is 14.1. The van der Waals surface area contributed by atoms with Crippen molar-refractivity contribution in [3.63, 3.8) is 0 Å². The predicted octanol–water partition coefficient (Wildman–Crippen LogP) is 2.41. The Balaban J connectivity index is 1.29. The minimum absolute atomic E-state index is 0.0857. The molecule has 0 radical (unpaired) electrons. The van der Waals surface area contributed by atoms with E-state index in [9.17, 15) is 14.0 Å². The number of anilines is 1. The molecule has 1 unspecified atom stereocenters. The van der Waals surface area contributed by atoms with E-state index in [-0.39, 0.29) is 29.8 Å². The van der Waals surface area contributed by atoms with Gasteiger partial charge in [-0.3, -0.25) is 9.69 Å². The molecule has 1 aliphatic carbocycles. The molecule has 1 aromatic rings. The fraction of sp³-hybridized carbons (Fsp3) is 0.667. The van der Waals surface area contributed by atoms with E-state index in [0.717, 1.165) is 31.5 Å². The van der Waals surface area contributed by atoms with Gasteiger partial charge in [0.1, 0.15) is 17.2 Å². The lowest BCUT2D eigenvalue weighted by molar-refractivity contribution is -0.138. The summed E-state index contributed by atoms with van der Waals surface area (Å²) in [6.45, 7) is 3.09. The zero-order valence-corrected chi connectivity index (χ0v) is 16.6. The predicted molar refractivity (Wildman–Crippen MR) is 104 cm³/mol. The number of pyridine rings is 1. The molecule has 1 saturated carbocycles. The van der Waals surface area contributed by atoms with Gasteiger partial charge < -0.3 is 14.5 Å². The van der Waals surface area contributed by atoms with E-state index in [4.69, 9.17) is 4.74 Å². The zero-order chi connectivity index (χ0) is 20.0. The molecule has 0 aromatic carbocycles. The van der Waals surface area contributed by atoms with Crippen molar-refractivity contribution < 1.29 is 18.7 Å². The molecule has 4 aliphatic rings. The van der Waals surface area contributed by atoms with Crippen LogP contribution in [0.25, 0.3) is 0 Å². The molecule has 4 fully saturated rings. The van der Waals surface area contributed by atoms with Crippen LogP contribution >= 0.6 is 0 Å². The molecule has 29 heavy (non-hydrogen) atoms. The average molecular weight is 402 g/mol. The Labute approximate surface area is 169 Å². The Bertz CT molecular complexity index is 788. The highest BCUT2D eigenvalue weighted by molar-refractivity contribution is 5.80. The van der Waals surface area contributed by atoms with Crippen LogP contribution in [0.1, 0.15) is 38.5 Å². The van der Waals surface area contributed by atoms with E-state index in [0.29, 0.717) is 45.6 Å². The van der Waals surface area contributed by atoms with E-state index in [2.05, 4.69) is 9.88 Å². The van der Waals surface area contributed by atoms with Gasteiger partial charge in [0.15, 0.2) is 0 Å². The van der Waals surface area contributed by atoms with E-state index >= 15 is 0 Å². The number of aromatic nitrogens is 1. The lowest BCUT2D eigenvalue weighted by Gasteiger charge is -2.45. The standard InChI is InChI=1S/C21H27FN4O3/c22-16-5-6-18(23-13-16)24-9-7-21(8-10-24)17-14-25(11-12-26(17)20(28)29-21)19(27)15-3-1-2-4-15/h5-6,13,15,17H,1-4,7-12,14H2. The van der Waals surface area contributed by atoms with Crippen LogP contribution in [0.4, 0.5) is 15.0 Å². The van der Waals surface area contributed by atoms with Gasteiger partial charge in [0.05, 0.1) is 12.2 Å². The number of piperidine rings is 1. The minimum Gasteiger partial charge on any atom is -0.440 e. The van der Waals surface area contributed by atoms with E-state index in [1.54, 1.807) is 6.07 Å². The van der Waals surface area contributed by atoms with Crippen molar-refractivity contribution >= 4 is 17.8 Å².